The van der Waals surface area contributed by atoms with Gasteiger partial charge >= 0.3 is 6.03 Å². The molecule has 0 aliphatic carbocycles. The maximum atomic E-state index is 11.8. The number of hydrogen-bond acceptors (Lipinski definition) is 2. The number of rotatable bonds is 4. The van der Waals surface area contributed by atoms with E-state index in [9.17, 15) is 4.79 Å². The van der Waals surface area contributed by atoms with Crippen molar-refractivity contribution >= 4 is 6.03 Å². The normalized spacial score (nSPS) is 21.2. The van der Waals surface area contributed by atoms with Gasteiger partial charge in [0.05, 0.1) is 0 Å². The highest BCUT2D eigenvalue weighted by molar-refractivity contribution is 5.74. The molecule has 2 amide bonds. The lowest BCUT2D eigenvalue weighted by molar-refractivity contribution is 0.171. The summed E-state index contributed by atoms with van der Waals surface area (Å²) >= 11 is 0. The molecule has 4 heteroatoms. The molecule has 0 spiro atoms. The van der Waals surface area contributed by atoms with Crippen LogP contribution in [0.1, 0.15) is 40.0 Å². The summed E-state index contributed by atoms with van der Waals surface area (Å²) in [5, 5.41) is 6.44. The summed E-state index contributed by atoms with van der Waals surface area (Å²) in [7, 11) is 0. The first-order valence-corrected chi connectivity index (χ1v) is 6.42. The van der Waals surface area contributed by atoms with Crippen LogP contribution in [-0.2, 0) is 0 Å². The summed E-state index contributed by atoms with van der Waals surface area (Å²) in [6, 6.07) is 0.779. The lowest BCUT2D eigenvalue weighted by Gasteiger charge is -2.33. The molecule has 2 N–H and O–H groups in total. The van der Waals surface area contributed by atoms with Crippen LogP contribution in [0.2, 0.25) is 0 Å². The van der Waals surface area contributed by atoms with Gasteiger partial charge in [-0.25, -0.2) is 4.79 Å². The number of piperidine rings is 1. The molecule has 0 saturated carbocycles. The molecule has 0 aromatic carbocycles. The van der Waals surface area contributed by atoms with E-state index in [1.807, 2.05) is 18.7 Å². The van der Waals surface area contributed by atoms with E-state index in [-0.39, 0.29) is 12.1 Å². The van der Waals surface area contributed by atoms with Crippen molar-refractivity contribution in [2.45, 2.75) is 52.1 Å². The standard InChI is InChI=1S/C12H25N3O/c1-4-7-13-11-6-5-8-15(9-11)12(16)14-10(2)3/h10-11,13H,4-9H2,1-3H3,(H,14,16). The highest BCUT2D eigenvalue weighted by Crippen LogP contribution is 2.10. The van der Waals surface area contributed by atoms with E-state index in [1.54, 1.807) is 0 Å². The van der Waals surface area contributed by atoms with Gasteiger partial charge in [-0.2, -0.15) is 0 Å². The maximum Gasteiger partial charge on any atom is 0.317 e. The van der Waals surface area contributed by atoms with Crippen LogP contribution in [0.15, 0.2) is 0 Å². The van der Waals surface area contributed by atoms with E-state index >= 15 is 0 Å². The van der Waals surface area contributed by atoms with E-state index in [0.717, 1.165) is 32.5 Å². The van der Waals surface area contributed by atoms with Gasteiger partial charge in [-0.1, -0.05) is 6.92 Å². The van der Waals surface area contributed by atoms with Crippen LogP contribution in [0.5, 0.6) is 0 Å². The van der Waals surface area contributed by atoms with Crippen molar-refractivity contribution in [1.29, 1.82) is 0 Å². The molecule has 1 fully saturated rings. The Hall–Kier alpha value is -0.770. The Morgan fingerprint density at radius 1 is 1.50 bits per heavy atom. The highest BCUT2D eigenvalue weighted by Gasteiger charge is 2.23. The Kier molecular flexibility index (Phi) is 5.60. The van der Waals surface area contributed by atoms with Crippen LogP contribution >= 0.6 is 0 Å². The molecule has 0 radical (unpaired) electrons. The third kappa shape index (κ3) is 4.39. The van der Waals surface area contributed by atoms with Gasteiger partial charge in [0, 0.05) is 25.2 Å². The summed E-state index contributed by atoms with van der Waals surface area (Å²) in [6.07, 6.45) is 3.44. The van der Waals surface area contributed by atoms with Crippen molar-refractivity contribution in [2.75, 3.05) is 19.6 Å². The summed E-state index contributed by atoms with van der Waals surface area (Å²) in [4.78, 5) is 13.7. The number of urea groups is 1. The average molecular weight is 227 g/mol. The molecule has 4 nitrogen and oxygen atoms in total. The molecule has 1 unspecified atom stereocenters. The van der Waals surface area contributed by atoms with Gasteiger partial charge in [0.1, 0.15) is 0 Å². The zero-order valence-corrected chi connectivity index (χ0v) is 10.8. The average Bonchev–Trinajstić information content (AvgIpc) is 2.26. The van der Waals surface area contributed by atoms with Gasteiger partial charge < -0.3 is 15.5 Å². The van der Waals surface area contributed by atoms with E-state index in [0.29, 0.717) is 6.04 Å². The largest absolute Gasteiger partial charge is 0.336 e. The number of carbonyl (C=O) groups excluding carboxylic acids is 1. The zero-order chi connectivity index (χ0) is 12.0. The molecule has 1 saturated heterocycles. The fourth-order valence-electron chi connectivity index (χ4n) is 2.01. The summed E-state index contributed by atoms with van der Waals surface area (Å²) in [5.74, 6) is 0. The van der Waals surface area contributed by atoms with Crippen molar-refractivity contribution in [1.82, 2.24) is 15.5 Å². The third-order valence-electron chi connectivity index (χ3n) is 2.80. The van der Waals surface area contributed by atoms with Crippen LogP contribution in [-0.4, -0.2) is 42.6 Å². The van der Waals surface area contributed by atoms with E-state index < -0.39 is 0 Å². The minimum absolute atomic E-state index is 0.0815. The molecule has 16 heavy (non-hydrogen) atoms. The fraction of sp³-hybridized carbons (Fsp3) is 0.917. The van der Waals surface area contributed by atoms with Crippen LogP contribution in [0, 0.1) is 0 Å². The van der Waals surface area contributed by atoms with Crippen molar-refractivity contribution in [3.63, 3.8) is 0 Å². The Balaban J connectivity index is 2.34. The Labute approximate surface area is 98.8 Å². The van der Waals surface area contributed by atoms with Crippen LogP contribution < -0.4 is 10.6 Å². The summed E-state index contributed by atoms with van der Waals surface area (Å²) in [5.41, 5.74) is 0. The SMILES string of the molecule is CCCNC1CCCN(C(=O)NC(C)C)C1. The van der Waals surface area contributed by atoms with Crippen molar-refractivity contribution in [3.05, 3.63) is 0 Å². The molecular formula is C12H25N3O. The highest BCUT2D eigenvalue weighted by atomic mass is 16.2. The van der Waals surface area contributed by atoms with Crippen molar-refractivity contribution in [3.8, 4) is 0 Å². The second-order valence-corrected chi connectivity index (χ2v) is 4.84. The number of nitrogens with zero attached hydrogens (tertiary/aromatic N) is 1. The second-order valence-electron chi connectivity index (χ2n) is 4.84. The third-order valence-corrected chi connectivity index (χ3v) is 2.80. The topological polar surface area (TPSA) is 44.4 Å². The van der Waals surface area contributed by atoms with E-state index in [2.05, 4.69) is 17.6 Å². The van der Waals surface area contributed by atoms with Gasteiger partial charge in [-0.05, 0) is 39.7 Å². The molecule has 1 atom stereocenters. The summed E-state index contributed by atoms with van der Waals surface area (Å²) in [6.45, 7) is 8.94. The van der Waals surface area contributed by atoms with Crippen LogP contribution in [0.3, 0.4) is 0 Å². The number of amides is 2. The number of likely N-dealkylation sites (tertiary alicyclic amines) is 1. The molecule has 0 bridgehead atoms. The predicted octanol–water partition coefficient (Wildman–Crippen LogP) is 1.57. The molecule has 1 rings (SSSR count). The molecule has 1 aliphatic heterocycles. The molecule has 94 valence electrons. The zero-order valence-electron chi connectivity index (χ0n) is 10.8. The van der Waals surface area contributed by atoms with Gasteiger partial charge in [0.25, 0.3) is 0 Å². The monoisotopic (exact) mass is 227 g/mol. The molecule has 0 aromatic heterocycles. The lowest BCUT2D eigenvalue weighted by Crippen LogP contribution is -2.52. The smallest absolute Gasteiger partial charge is 0.317 e. The van der Waals surface area contributed by atoms with Crippen LogP contribution in [0.4, 0.5) is 4.79 Å². The Bertz CT molecular complexity index is 218. The second kappa shape index (κ2) is 6.74. The minimum Gasteiger partial charge on any atom is -0.336 e. The number of carbonyl (C=O) groups is 1. The number of hydrogen-bond donors (Lipinski definition) is 2. The first-order chi connectivity index (χ1) is 7.63. The quantitative estimate of drug-likeness (QED) is 0.765. The van der Waals surface area contributed by atoms with Crippen molar-refractivity contribution in [2.24, 2.45) is 0 Å². The van der Waals surface area contributed by atoms with Gasteiger partial charge in [-0.3, -0.25) is 0 Å². The summed E-state index contributed by atoms with van der Waals surface area (Å²) < 4.78 is 0. The lowest BCUT2D eigenvalue weighted by atomic mass is 10.1. The molecule has 1 aliphatic rings. The fourth-order valence-corrected chi connectivity index (χ4v) is 2.01. The van der Waals surface area contributed by atoms with E-state index in [4.69, 9.17) is 0 Å². The van der Waals surface area contributed by atoms with Gasteiger partial charge in [0.15, 0.2) is 0 Å². The molecular weight excluding hydrogens is 202 g/mol. The van der Waals surface area contributed by atoms with Crippen molar-refractivity contribution < 1.29 is 4.79 Å². The van der Waals surface area contributed by atoms with Crippen LogP contribution in [0.25, 0.3) is 0 Å². The molecule has 1 heterocycles. The Morgan fingerprint density at radius 3 is 2.88 bits per heavy atom. The predicted molar refractivity (Wildman–Crippen MR) is 66.6 cm³/mol. The first-order valence-electron chi connectivity index (χ1n) is 6.42. The Morgan fingerprint density at radius 2 is 2.25 bits per heavy atom. The number of nitrogens with one attached hydrogen (secondary N) is 2. The first kappa shape index (κ1) is 13.3. The van der Waals surface area contributed by atoms with Gasteiger partial charge in [-0.15, -0.1) is 0 Å². The van der Waals surface area contributed by atoms with Gasteiger partial charge in [0.2, 0.25) is 0 Å². The maximum absolute atomic E-state index is 11.8. The van der Waals surface area contributed by atoms with E-state index in [1.165, 1.54) is 6.42 Å². The molecule has 0 aromatic rings. The minimum atomic E-state index is 0.0815.